The van der Waals surface area contributed by atoms with Crippen LogP contribution in [0.15, 0.2) is 0 Å². The molecule has 0 radical (unpaired) electrons. The smallest absolute Gasteiger partial charge is 0.0459 e. The molecule has 0 amide bonds. The van der Waals surface area contributed by atoms with Gasteiger partial charge in [0.2, 0.25) is 0 Å². The predicted molar refractivity (Wildman–Crippen MR) is 79.2 cm³/mol. The molecule has 4 atom stereocenters. The van der Waals surface area contributed by atoms with E-state index in [1.807, 2.05) is 0 Å². The molecular weight excluding hydrogens is 256 g/mol. The highest BCUT2D eigenvalue weighted by atomic mass is 16.3. The highest BCUT2D eigenvalue weighted by Gasteiger charge is 2.20. The second-order valence-corrected chi connectivity index (χ2v) is 6.53. The van der Waals surface area contributed by atoms with Gasteiger partial charge >= 0.3 is 0 Å². The van der Waals surface area contributed by atoms with Gasteiger partial charge in [0.1, 0.15) is 0 Å². The van der Waals surface area contributed by atoms with Crippen molar-refractivity contribution in [2.75, 3.05) is 26.4 Å². The number of hydrogen-bond donors (Lipinski definition) is 4. The van der Waals surface area contributed by atoms with Crippen molar-refractivity contribution in [1.82, 2.24) is 0 Å². The molecule has 2 saturated carbocycles. The third kappa shape index (κ3) is 6.53. The largest absolute Gasteiger partial charge is 0.396 e. The second kappa shape index (κ2) is 10.6. The molecule has 2 aliphatic carbocycles. The van der Waals surface area contributed by atoms with Crippen LogP contribution in [0.4, 0.5) is 0 Å². The fraction of sp³-hybridized carbons (Fsp3) is 1.00. The average molecular weight is 288 g/mol. The van der Waals surface area contributed by atoms with Crippen LogP contribution in [0.5, 0.6) is 0 Å². The van der Waals surface area contributed by atoms with Crippen LogP contribution >= 0.6 is 0 Å². The molecule has 0 aromatic heterocycles. The zero-order valence-corrected chi connectivity index (χ0v) is 12.6. The molecule has 0 bridgehead atoms. The molecule has 120 valence electrons. The highest BCUT2D eigenvalue weighted by molar-refractivity contribution is 4.72. The van der Waals surface area contributed by atoms with Crippen LogP contribution in [0.3, 0.4) is 0 Å². The molecule has 4 nitrogen and oxygen atoms in total. The zero-order valence-electron chi connectivity index (χ0n) is 12.6. The fourth-order valence-electron chi connectivity index (χ4n) is 3.47. The molecule has 4 N–H and O–H groups in total. The van der Waals surface area contributed by atoms with Gasteiger partial charge in [0, 0.05) is 26.4 Å². The van der Waals surface area contributed by atoms with E-state index in [9.17, 15) is 0 Å². The molecule has 2 fully saturated rings. The molecule has 0 unspecified atom stereocenters. The highest BCUT2D eigenvalue weighted by Crippen LogP contribution is 2.28. The lowest BCUT2D eigenvalue weighted by molar-refractivity contribution is 0.121. The molecular formula is C16H32O4. The summed E-state index contributed by atoms with van der Waals surface area (Å²) in [6, 6.07) is 0. The van der Waals surface area contributed by atoms with E-state index in [-0.39, 0.29) is 0 Å². The van der Waals surface area contributed by atoms with Gasteiger partial charge in [0.05, 0.1) is 0 Å². The molecule has 2 rings (SSSR count). The molecule has 0 aromatic rings. The Balaban J connectivity index is 0.000000200. The van der Waals surface area contributed by atoms with Crippen molar-refractivity contribution in [3.63, 3.8) is 0 Å². The van der Waals surface area contributed by atoms with Crippen molar-refractivity contribution in [2.45, 2.75) is 51.4 Å². The molecule has 0 heterocycles. The maximum Gasteiger partial charge on any atom is 0.0459 e. The Labute approximate surface area is 122 Å². The van der Waals surface area contributed by atoms with Crippen molar-refractivity contribution in [3.05, 3.63) is 0 Å². The molecule has 2 aliphatic rings. The lowest BCUT2D eigenvalue weighted by Gasteiger charge is -2.26. The average Bonchev–Trinajstić information content (AvgIpc) is 2.55. The summed E-state index contributed by atoms with van der Waals surface area (Å²) >= 11 is 0. The number of aliphatic hydroxyl groups excluding tert-OH is 4. The first-order chi connectivity index (χ1) is 9.73. The standard InChI is InChI=1S/2C8H16O2/c2*9-5-7-2-1-3-8(4-7)6-10/h2*7-10H,1-6H2/t2*7-,8+. The van der Waals surface area contributed by atoms with Crippen LogP contribution < -0.4 is 0 Å². The van der Waals surface area contributed by atoms with Crippen LogP contribution in [0.25, 0.3) is 0 Å². The molecule has 0 spiro atoms. The van der Waals surface area contributed by atoms with Crippen molar-refractivity contribution >= 4 is 0 Å². The summed E-state index contributed by atoms with van der Waals surface area (Å²) in [5.74, 6) is 1.86. The SMILES string of the molecule is OC[C@@H]1CCC[C@H](CO)C1.OC[C@@H]1CCC[C@H](CO)C1. The fourth-order valence-corrected chi connectivity index (χ4v) is 3.47. The normalized spacial score (nSPS) is 34.2. The molecule has 20 heavy (non-hydrogen) atoms. The van der Waals surface area contributed by atoms with Gasteiger partial charge in [-0.3, -0.25) is 0 Å². The Morgan fingerprint density at radius 2 is 0.750 bits per heavy atom. The number of aliphatic hydroxyl groups is 4. The number of rotatable bonds is 4. The van der Waals surface area contributed by atoms with Crippen LogP contribution in [-0.4, -0.2) is 46.9 Å². The predicted octanol–water partition coefficient (Wildman–Crippen LogP) is 1.55. The number of hydrogen-bond acceptors (Lipinski definition) is 4. The second-order valence-electron chi connectivity index (χ2n) is 6.53. The van der Waals surface area contributed by atoms with E-state index in [2.05, 4.69) is 0 Å². The van der Waals surface area contributed by atoms with E-state index in [0.29, 0.717) is 50.1 Å². The van der Waals surface area contributed by atoms with Gasteiger partial charge in [-0.15, -0.1) is 0 Å². The van der Waals surface area contributed by atoms with Crippen molar-refractivity contribution in [2.24, 2.45) is 23.7 Å². The Bertz CT molecular complexity index is 191. The summed E-state index contributed by atoms with van der Waals surface area (Å²) in [7, 11) is 0. The van der Waals surface area contributed by atoms with E-state index in [1.54, 1.807) is 0 Å². The lowest BCUT2D eigenvalue weighted by atomic mass is 9.82. The monoisotopic (exact) mass is 288 g/mol. The minimum atomic E-state index is 0.302. The van der Waals surface area contributed by atoms with E-state index in [1.165, 1.54) is 12.8 Å². The molecule has 0 aromatic carbocycles. The Morgan fingerprint density at radius 1 is 0.500 bits per heavy atom. The van der Waals surface area contributed by atoms with Gasteiger partial charge < -0.3 is 20.4 Å². The summed E-state index contributed by atoms with van der Waals surface area (Å²) in [5, 5.41) is 35.3. The van der Waals surface area contributed by atoms with Crippen LogP contribution in [0, 0.1) is 23.7 Å². The lowest BCUT2D eigenvalue weighted by Crippen LogP contribution is -2.20. The topological polar surface area (TPSA) is 80.9 Å². The Hall–Kier alpha value is -0.160. The first-order valence-corrected chi connectivity index (χ1v) is 8.16. The summed E-state index contributed by atoms with van der Waals surface area (Å²) in [6.45, 7) is 1.21. The zero-order chi connectivity index (χ0) is 14.8. The minimum absolute atomic E-state index is 0.302. The molecule has 4 heteroatoms. The third-order valence-electron chi connectivity index (χ3n) is 4.82. The van der Waals surface area contributed by atoms with Gasteiger partial charge in [-0.05, 0) is 62.2 Å². The van der Waals surface area contributed by atoms with Gasteiger partial charge in [-0.25, -0.2) is 0 Å². The first-order valence-electron chi connectivity index (χ1n) is 8.16. The summed E-state index contributed by atoms with van der Waals surface area (Å²) < 4.78 is 0. The van der Waals surface area contributed by atoms with Gasteiger partial charge in [-0.1, -0.05) is 12.8 Å². The van der Waals surface area contributed by atoms with Gasteiger partial charge in [-0.2, -0.15) is 0 Å². The van der Waals surface area contributed by atoms with E-state index in [0.717, 1.165) is 38.5 Å². The van der Waals surface area contributed by atoms with Crippen LogP contribution in [0.2, 0.25) is 0 Å². The van der Waals surface area contributed by atoms with Gasteiger partial charge in [0.25, 0.3) is 0 Å². The summed E-state index contributed by atoms with van der Waals surface area (Å²) in [5.41, 5.74) is 0. The summed E-state index contributed by atoms with van der Waals surface area (Å²) in [4.78, 5) is 0. The maximum absolute atomic E-state index is 8.82. The van der Waals surface area contributed by atoms with Crippen LogP contribution in [0.1, 0.15) is 51.4 Å². The van der Waals surface area contributed by atoms with E-state index in [4.69, 9.17) is 20.4 Å². The van der Waals surface area contributed by atoms with Crippen molar-refractivity contribution in [1.29, 1.82) is 0 Å². The van der Waals surface area contributed by atoms with E-state index >= 15 is 0 Å². The van der Waals surface area contributed by atoms with Crippen LogP contribution in [-0.2, 0) is 0 Å². The van der Waals surface area contributed by atoms with Gasteiger partial charge in [0.15, 0.2) is 0 Å². The Morgan fingerprint density at radius 3 is 0.950 bits per heavy atom. The first kappa shape index (κ1) is 17.9. The van der Waals surface area contributed by atoms with Crippen molar-refractivity contribution < 1.29 is 20.4 Å². The molecule has 0 saturated heterocycles. The molecule has 0 aliphatic heterocycles. The third-order valence-corrected chi connectivity index (χ3v) is 4.82. The quantitative estimate of drug-likeness (QED) is 0.633. The maximum atomic E-state index is 8.82. The minimum Gasteiger partial charge on any atom is -0.396 e. The Kier molecular flexibility index (Phi) is 9.44. The van der Waals surface area contributed by atoms with Crippen molar-refractivity contribution in [3.8, 4) is 0 Å². The summed E-state index contributed by atoms with van der Waals surface area (Å²) in [6.07, 6.45) is 8.98. The van der Waals surface area contributed by atoms with E-state index < -0.39 is 0 Å².